The van der Waals surface area contributed by atoms with Crippen molar-refractivity contribution in [3.63, 3.8) is 0 Å². The highest BCUT2D eigenvalue weighted by Crippen LogP contribution is 2.21. The van der Waals surface area contributed by atoms with Crippen molar-refractivity contribution >= 4 is 27.7 Å². The summed E-state index contributed by atoms with van der Waals surface area (Å²) in [4.78, 5) is 14.0. The Bertz CT molecular complexity index is 998. The van der Waals surface area contributed by atoms with Gasteiger partial charge in [0.25, 0.3) is 0 Å². The van der Waals surface area contributed by atoms with Gasteiger partial charge in [0, 0.05) is 37.7 Å². The molecular weight excluding hydrogens is 452 g/mol. The van der Waals surface area contributed by atoms with Crippen LogP contribution in [0.4, 0.5) is 13.6 Å². The molecule has 2 amide bonds. The lowest BCUT2D eigenvalue weighted by atomic mass is 10.1. The average Bonchev–Trinajstić information content (AvgIpc) is 2.74. The van der Waals surface area contributed by atoms with E-state index in [1.165, 1.54) is 28.6 Å². The molecule has 1 heterocycles. The molecule has 2 aromatic rings. The van der Waals surface area contributed by atoms with Crippen LogP contribution in [0, 0.1) is 0 Å². The van der Waals surface area contributed by atoms with Crippen LogP contribution in [-0.2, 0) is 16.4 Å². The molecule has 1 aliphatic rings. The lowest BCUT2D eigenvalue weighted by Gasteiger charge is -2.34. The number of urea groups is 1. The van der Waals surface area contributed by atoms with Gasteiger partial charge < -0.3 is 15.0 Å². The number of sulfonamides is 1. The molecule has 1 saturated heterocycles. The fourth-order valence-corrected chi connectivity index (χ4v) is 4.89. The summed E-state index contributed by atoms with van der Waals surface area (Å²) < 4.78 is 55.4. The Hall–Kier alpha value is -2.43. The Balaban J connectivity index is 1.45. The Kier molecular flexibility index (Phi) is 7.69. The van der Waals surface area contributed by atoms with Crippen molar-refractivity contribution in [2.45, 2.75) is 17.9 Å². The molecule has 3 rings (SSSR count). The van der Waals surface area contributed by atoms with Crippen LogP contribution in [0.25, 0.3) is 0 Å². The zero-order valence-corrected chi connectivity index (χ0v) is 18.1. The summed E-state index contributed by atoms with van der Waals surface area (Å²) in [5.41, 5.74) is 0.861. The maximum absolute atomic E-state index is 12.7. The summed E-state index contributed by atoms with van der Waals surface area (Å²) in [7, 11) is -3.66. The third kappa shape index (κ3) is 6.28. The van der Waals surface area contributed by atoms with E-state index in [2.05, 4.69) is 10.1 Å². The van der Waals surface area contributed by atoms with E-state index in [4.69, 9.17) is 11.6 Å². The number of benzene rings is 2. The van der Waals surface area contributed by atoms with Crippen LogP contribution in [0.1, 0.15) is 5.56 Å². The molecule has 0 spiro atoms. The Morgan fingerprint density at radius 3 is 2.39 bits per heavy atom. The Morgan fingerprint density at radius 1 is 1.10 bits per heavy atom. The van der Waals surface area contributed by atoms with Crippen molar-refractivity contribution in [3.8, 4) is 5.75 Å². The molecule has 0 aromatic heterocycles. The SMILES string of the molecule is O=C(NCCc1ccc(OC(F)F)cc1)N1CCN(S(=O)(=O)c2cccc(Cl)c2)CC1. The molecule has 0 bridgehead atoms. The normalized spacial score (nSPS) is 15.2. The molecule has 7 nitrogen and oxygen atoms in total. The number of piperazine rings is 1. The van der Waals surface area contributed by atoms with E-state index in [-0.39, 0.29) is 42.9 Å². The van der Waals surface area contributed by atoms with E-state index in [9.17, 15) is 22.0 Å². The predicted octanol–water partition coefficient (Wildman–Crippen LogP) is 3.20. The van der Waals surface area contributed by atoms with Crippen LogP contribution in [-0.4, -0.2) is 63.0 Å². The molecule has 1 N–H and O–H groups in total. The van der Waals surface area contributed by atoms with Crippen LogP contribution in [0.5, 0.6) is 5.75 Å². The van der Waals surface area contributed by atoms with E-state index in [0.29, 0.717) is 18.0 Å². The first kappa shape index (κ1) is 23.2. The fourth-order valence-electron chi connectivity index (χ4n) is 3.17. The number of carbonyl (C=O) groups is 1. The highest BCUT2D eigenvalue weighted by molar-refractivity contribution is 7.89. The van der Waals surface area contributed by atoms with Gasteiger partial charge in [0.1, 0.15) is 5.75 Å². The zero-order chi connectivity index (χ0) is 22.4. The molecule has 11 heteroatoms. The number of rotatable bonds is 7. The van der Waals surface area contributed by atoms with Crippen LogP contribution < -0.4 is 10.1 Å². The van der Waals surface area contributed by atoms with E-state index < -0.39 is 16.6 Å². The fraction of sp³-hybridized carbons (Fsp3) is 0.350. The Labute approximate surface area is 184 Å². The van der Waals surface area contributed by atoms with Gasteiger partial charge in [-0.15, -0.1) is 0 Å². The topological polar surface area (TPSA) is 79.0 Å². The Morgan fingerprint density at radius 2 is 1.77 bits per heavy atom. The number of amides is 2. The second kappa shape index (κ2) is 10.3. The molecule has 0 aliphatic carbocycles. The maximum atomic E-state index is 12.7. The molecule has 2 aromatic carbocycles. The van der Waals surface area contributed by atoms with E-state index in [1.807, 2.05) is 0 Å². The number of nitrogens with one attached hydrogen (secondary N) is 1. The largest absolute Gasteiger partial charge is 0.435 e. The minimum Gasteiger partial charge on any atom is -0.435 e. The van der Waals surface area contributed by atoms with Crippen molar-refractivity contribution in [2.75, 3.05) is 32.7 Å². The van der Waals surface area contributed by atoms with Gasteiger partial charge in [0.05, 0.1) is 4.90 Å². The molecule has 1 fully saturated rings. The summed E-state index contributed by atoms with van der Waals surface area (Å²) >= 11 is 5.89. The first-order valence-corrected chi connectivity index (χ1v) is 11.4. The number of halogens is 3. The summed E-state index contributed by atoms with van der Waals surface area (Å²) in [5.74, 6) is 0.0772. The van der Waals surface area contributed by atoms with Crippen LogP contribution in [0.2, 0.25) is 5.02 Å². The molecule has 0 atom stereocenters. The van der Waals surface area contributed by atoms with Crippen molar-refractivity contribution < 1.29 is 26.7 Å². The second-order valence-corrected chi connectivity index (χ2v) is 9.23. The number of ether oxygens (including phenoxy) is 1. The van der Waals surface area contributed by atoms with Gasteiger partial charge in [-0.05, 0) is 42.3 Å². The molecule has 0 unspecified atom stereocenters. The molecular formula is C20H22ClF2N3O4S. The maximum Gasteiger partial charge on any atom is 0.387 e. The standard InChI is InChI=1S/C20H22ClF2N3O4S/c21-16-2-1-3-18(14-16)31(28,29)26-12-10-25(11-13-26)20(27)24-9-8-15-4-6-17(7-5-15)30-19(22)23/h1-7,14,19H,8-13H2,(H,24,27). The number of hydrogen-bond donors (Lipinski definition) is 1. The lowest BCUT2D eigenvalue weighted by Crippen LogP contribution is -2.53. The van der Waals surface area contributed by atoms with Gasteiger partial charge in [0.2, 0.25) is 10.0 Å². The predicted molar refractivity (Wildman–Crippen MR) is 112 cm³/mol. The summed E-state index contributed by atoms with van der Waals surface area (Å²) in [5, 5.41) is 3.13. The van der Waals surface area contributed by atoms with E-state index in [0.717, 1.165) is 5.56 Å². The minimum absolute atomic E-state index is 0.0772. The lowest BCUT2D eigenvalue weighted by molar-refractivity contribution is -0.0498. The molecule has 31 heavy (non-hydrogen) atoms. The van der Waals surface area contributed by atoms with Gasteiger partial charge in [-0.2, -0.15) is 13.1 Å². The quantitative estimate of drug-likeness (QED) is 0.669. The van der Waals surface area contributed by atoms with E-state index in [1.54, 1.807) is 29.2 Å². The smallest absolute Gasteiger partial charge is 0.387 e. The summed E-state index contributed by atoms with van der Waals surface area (Å²) in [6.07, 6.45) is 0.518. The molecule has 168 valence electrons. The average molecular weight is 474 g/mol. The van der Waals surface area contributed by atoms with Crippen molar-refractivity contribution in [2.24, 2.45) is 0 Å². The van der Waals surface area contributed by atoms with Crippen LogP contribution in [0.15, 0.2) is 53.4 Å². The van der Waals surface area contributed by atoms with Gasteiger partial charge >= 0.3 is 12.6 Å². The number of nitrogens with zero attached hydrogens (tertiary/aromatic N) is 2. The molecule has 0 saturated carbocycles. The highest BCUT2D eigenvalue weighted by atomic mass is 35.5. The van der Waals surface area contributed by atoms with Crippen molar-refractivity contribution in [1.82, 2.24) is 14.5 Å². The van der Waals surface area contributed by atoms with Crippen molar-refractivity contribution in [3.05, 3.63) is 59.1 Å². The van der Waals surface area contributed by atoms with E-state index >= 15 is 0 Å². The van der Waals surface area contributed by atoms with Crippen molar-refractivity contribution in [1.29, 1.82) is 0 Å². The third-order valence-electron chi connectivity index (χ3n) is 4.80. The first-order valence-electron chi connectivity index (χ1n) is 9.58. The van der Waals surface area contributed by atoms with Gasteiger partial charge in [-0.1, -0.05) is 29.8 Å². The van der Waals surface area contributed by atoms with Gasteiger partial charge in [-0.3, -0.25) is 0 Å². The first-order chi connectivity index (χ1) is 14.8. The monoisotopic (exact) mass is 473 g/mol. The summed E-state index contributed by atoms with van der Waals surface area (Å²) in [6, 6.07) is 12.0. The van der Waals surface area contributed by atoms with Crippen LogP contribution in [0.3, 0.4) is 0 Å². The molecule has 1 aliphatic heterocycles. The number of carbonyl (C=O) groups excluding carboxylic acids is 1. The molecule has 0 radical (unpaired) electrons. The number of hydrogen-bond acceptors (Lipinski definition) is 4. The number of alkyl halides is 2. The van der Waals surface area contributed by atoms with Crippen LogP contribution >= 0.6 is 11.6 Å². The third-order valence-corrected chi connectivity index (χ3v) is 6.93. The van der Waals surface area contributed by atoms with Gasteiger partial charge in [0.15, 0.2) is 0 Å². The summed E-state index contributed by atoms with van der Waals surface area (Å²) in [6.45, 7) is -1.60. The zero-order valence-electron chi connectivity index (χ0n) is 16.5. The van der Waals surface area contributed by atoms with Gasteiger partial charge in [-0.25, -0.2) is 13.2 Å². The highest BCUT2D eigenvalue weighted by Gasteiger charge is 2.30. The minimum atomic E-state index is -3.66. The second-order valence-electron chi connectivity index (χ2n) is 6.85.